The fourth-order valence-electron chi connectivity index (χ4n) is 10.4. The van der Waals surface area contributed by atoms with Crippen LogP contribution in [0.3, 0.4) is 0 Å². The quantitative estimate of drug-likeness (QED) is 0.0955. The van der Waals surface area contributed by atoms with Crippen LogP contribution in [0.25, 0.3) is 0 Å². The number of ether oxygens (including phenoxy) is 2. The van der Waals surface area contributed by atoms with Crippen LogP contribution >= 0.6 is 0 Å². The molecule has 266 valence electrons. The molecule has 0 aromatic heterocycles. The molecule has 2 bridgehead atoms. The van der Waals surface area contributed by atoms with Crippen LogP contribution in [0, 0.1) is 5.92 Å². The molecule has 0 amide bonds. The lowest BCUT2D eigenvalue weighted by molar-refractivity contribution is -0.200. The Kier molecular flexibility index (Phi) is 9.80. The first kappa shape index (κ1) is 33.9. The number of carbonyl (C=O) groups excluding carboxylic acids is 1. The number of nitrogens with zero attached hydrogens (tertiary/aromatic N) is 2. The van der Waals surface area contributed by atoms with Crippen molar-refractivity contribution in [1.82, 2.24) is 9.80 Å². The predicted octanol–water partition coefficient (Wildman–Crippen LogP) is 7.67. The molecule has 3 fully saturated rings. The summed E-state index contributed by atoms with van der Waals surface area (Å²) in [7, 11) is 0. The molecular formula is C44H56N2O4. The van der Waals surface area contributed by atoms with Crippen molar-refractivity contribution in [2.45, 2.75) is 126 Å². The summed E-state index contributed by atoms with van der Waals surface area (Å²) in [5.41, 5.74) is 3.93. The molecule has 5 aliphatic rings. The van der Waals surface area contributed by atoms with Crippen LogP contribution in [0.5, 0.6) is 11.5 Å². The van der Waals surface area contributed by atoms with E-state index in [1.54, 1.807) is 0 Å². The van der Waals surface area contributed by atoms with E-state index in [0.717, 1.165) is 94.8 Å². The number of carbonyl (C=O) groups is 1. The molecule has 2 heterocycles. The van der Waals surface area contributed by atoms with E-state index in [2.05, 4.69) is 76.5 Å². The third-order valence-corrected chi connectivity index (χ3v) is 12.9. The largest absolute Gasteiger partial charge is 0.483 e. The Labute approximate surface area is 299 Å². The van der Waals surface area contributed by atoms with Crippen LogP contribution < -0.4 is 9.47 Å². The van der Waals surface area contributed by atoms with Crippen molar-refractivity contribution in [2.75, 3.05) is 26.2 Å². The van der Waals surface area contributed by atoms with E-state index in [0.29, 0.717) is 5.75 Å². The zero-order valence-electron chi connectivity index (χ0n) is 30.0. The molecule has 3 aromatic rings. The van der Waals surface area contributed by atoms with E-state index in [9.17, 15) is 9.90 Å². The lowest BCUT2D eigenvalue weighted by atomic mass is 9.48. The van der Waals surface area contributed by atoms with E-state index in [1.165, 1.54) is 62.1 Å². The average Bonchev–Trinajstić information content (AvgIpc) is 3.87. The minimum Gasteiger partial charge on any atom is -0.483 e. The number of rotatable bonds is 16. The minimum atomic E-state index is -0.856. The van der Waals surface area contributed by atoms with Gasteiger partial charge in [-0.1, -0.05) is 79.6 Å². The van der Waals surface area contributed by atoms with Crippen LogP contribution in [-0.2, 0) is 29.5 Å². The number of aryl methyl sites for hydroxylation is 2. The second-order valence-electron chi connectivity index (χ2n) is 16.1. The minimum absolute atomic E-state index is 0.103. The van der Waals surface area contributed by atoms with Gasteiger partial charge in [-0.05, 0) is 125 Å². The molecule has 5 atom stereocenters. The van der Waals surface area contributed by atoms with Gasteiger partial charge in [0.2, 0.25) is 0 Å². The molecule has 1 spiro atoms. The monoisotopic (exact) mass is 676 g/mol. The van der Waals surface area contributed by atoms with Gasteiger partial charge in [-0.3, -0.25) is 14.6 Å². The third-order valence-electron chi connectivity index (χ3n) is 12.9. The van der Waals surface area contributed by atoms with Crippen LogP contribution in [0.1, 0.15) is 99.8 Å². The summed E-state index contributed by atoms with van der Waals surface area (Å²) in [6.07, 6.45) is 15.3. The highest BCUT2D eigenvalue weighted by Gasteiger charge is 2.73. The molecule has 2 aliphatic heterocycles. The average molecular weight is 677 g/mol. The van der Waals surface area contributed by atoms with E-state index >= 15 is 0 Å². The van der Waals surface area contributed by atoms with Crippen molar-refractivity contribution >= 4 is 5.97 Å². The first-order chi connectivity index (χ1) is 24.5. The maximum atomic E-state index is 13.1. The smallest absolute Gasteiger partial charge is 0.308 e. The molecule has 8 rings (SSSR count). The van der Waals surface area contributed by atoms with Gasteiger partial charge in [0.05, 0.1) is 11.0 Å². The lowest BCUT2D eigenvalue weighted by Gasteiger charge is -2.65. The SMILES string of the molecule is CC(=O)Oc1ccc2c3c1O[C@H]1[C@@H](N(CCCCCCc4ccccc4)CCCCc4ccccc4)CC[C@@]4(O)[C@@H](C2)N(CC2CC2)CC[C@]314. The summed E-state index contributed by atoms with van der Waals surface area (Å²) < 4.78 is 13.0. The number of hydrogen-bond donors (Lipinski definition) is 1. The molecule has 3 aliphatic carbocycles. The van der Waals surface area contributed by atoms with Gasteiger partial charge in [-0.15, -0.1) is 0 Å². The van der Waals surface area contributed by atoms with Gasteiger partial charge >= 0.3 is 5.97 Å². The predicted molar refractivity (Wildman–Crippen MR) is 198 cm³/mol. The standard InChI is InChI=1S/C44H56N2O4/c1-32(47)49-38-23-22-36-30-39-44(48)25-24-37(42-43(44,40(36)41(38)50-42)26-29-46(39)31-35-20-21-35)45(28-13-11-19-34-17-9-5-10-18-34)27-12-3-2-6-14-33-15-7-4-8-16-33/h4-5,7-10,15-18,22-23,35,37,39,42,48H,2-3,6,11-14,19-21,24-31H2,1H3/t37-,39+,42-,43-,44+/m0/s1. The first-order valence-corrected chi connectivity index (χ1v) is 19.8. The summed E-state index contributed by atoms with van der Waals surface area (Å²) >= 11 is 0. The van der Waals surface area contributed by atoms with Crippen molar-refractivity contribution in [1.29, 1.82) is 0 Å². The Balaban J connectivity index is 1.04. The van der Waals surface area contributed by atoms with Gasteiger partial charge in [0.25, 0.3) is 0 Å². The number of piperidine rings is 1. The van der Waals surface area contributed by atoms with Crippen LogP contribution in [0.4, 0.5) is 0 Å². The Morgan fingerprint density at radius 3 is 2.20 bits per heavy atom. The van der Waals surface area contributed by atoms with E-state index in [1.807, 2.05) is 6.07 Å². The highest BCUT2D eigenvalue weighted by molar-refractivity contribution is 5.72. The number of esters is 1. The highest BCUT2D eigenvalue weighted by atomic mass is 16.6. The van der Waals surface area contributed by atoms with Crippen LogP contribution in [0.15, 0.2) is 72.8 Å². The van der Waals surface area contributed by atoms with Crippen molar-refractivity contribution in [2.24, 2.45) is 5.92 Å². The van der Waals surface area contributed by atoms with Crippen molar-refractivity contribution in [3.05, 3.63) is 95.1 Å². The Hall–Kier alpha value is -3.19. The Bertz CT molecular complexity index is 1630. The molecule has 6 heteroatoms. The second-order valence-corrected chi connectivity index (χ2v) is 16.1. The first-order valence-electron chi connectivity index (χ1n) is 19.8. The van der Waals surface area contributed by atoms with Gasteiger partial charge in [0.15, 0.2) is 11.5 Å². The number of aliphatic hydroxyl groups is 1. The van der Waals surface area contributed by atoms with Crippen molar-refractivity contribution in [3.8, 4) is 11.5 Å². The van der Waals surface area contributed by atoms with Crippen molar-refractivity contribution in [3.63, 3.8) is 0 Å². The second kappa shape index (κ2) is 14.4. The van der Waals surface area contributed by atoms with Gasteiger partial charge in [-0.25, -0.2) is 0 Å². The van der Waals surface area contributed by atoms with E-state index < -0.39 is 11.0 Å². The fraction of sp³-hybridized carbons (Fsp3) is 0.568. The van der Waals surface area contributed by atoms with Gasteiger partial charge in [0, 0.05) is 31.1 Å². The van der Waals surface area contributed by atoms with Crippen molar-refractivity contribution < 1.29 is 19.4 Å². The summed E-state index contributed by atoms with van der Waals surface area (Å²) in [5.74, 6) is 1.70. The number of unbranched alkanes of at least 4 members (excludes halogenated alkanes) is 4. The highest BCUT2D eigenvalue weighted by Crippen LogP contribution is 2.66. The maximum absolute atomic E-state index is 13.1. The van der Waals surface area contributed by atoms with Gasteiger partial charge < -0.3 is 14.6 Å². The number of likely N-dealkylation sites (tertiary alicyclic amines) is 1. The summed E-state index contributed by atoms with van der Waals surface area (Å²) in [6.45, 7) is 5.64. The van der Waals surface area contributed by atoms with Crippen LogP contribution in [-0.4, -0.2) is 70.8 Å². The summed E-state index contributed by atoms with van der Waals surface area (Å²) in [5, 5.41) is 13.1. The molecule has 50 heavy (non-hydrogen) atoms. The van der Waals surface area contributed by atoms with E-state index in [4.69, 9.17) is 9.47 Å². The molecule has 1 saturated heterocycles. The van der Waals surface area contributed by atoms with Gasteiger partial charge in [0.1, 0.15) is 6.10 Å². The summed E-state index contributed by atoms with van der Waals surface area (Å²) in [4.78, 5) is 17.7. The van der Waals surface area contributed by atoms with Crippen LogP contribution in [0.2, 0.25) is 0 Å². The third kappa shape index (κ3) is 6.41. The number of benzene rings is 3. The zero-order chi connectivity index (χ0) is 34.1. The fourth-order valence-corrected chi connectivity index (χ4v) is 10.4. The topological polar surface area (TPSA) is 62.2 Å². The molecule has 1 N–H and O–H groups in total. The molecular weight excluding hydrogens is 620 g/mol. The molecule has 0 unspecified atom stereocenters. The summed E-state index contributed by atoms with van der Waals surface area (Å²) in [6, 6.07) is 26.1. The Morgan fingerprint density at radius 2 is 1.52 bits per heavy atom. The molecule has 2 saturated carbocycles. The van der Waals surface area contributed by atoms with Gasteiger partial charge in [-0.2, -0.15) is 0 Å². The zero-order valence-corrected chi connectivity index (χ0v) is 30.0. The lowest BCUT2D eigenvalue weighted by Crippen LogP contribution is -2.78. The Morgan fingerprint density at radius 1 is 0.860 bits per heavy atom. The van der Waals surface area contributed by atoms with E-state index in [-0.39, 0.29) is 24.2 Å². The number of hydrogen-bond acceptors (Lipinski definition) is 6. The molecule has 6 nitrogen and oxygen atoms in total. The maximum Gasteiger partial charge on any atom is 0.308 e. The molecule has 3 aromatic carbocycles. The normalized spacial score (nSPS) is 27.9. The molecule has 0 radical (unpaired) electrons.